The molecule has 0 saturated carbocycles. The largest absolute Gasteiger partial charge is 0.510 e. The van der Waals surface area contributed by atoms with Gasteiger partial charge in [-0.2, -0.15) is 0 Å². The van der Waals surface area contributed by atoms with Crippen molar-refractivity contribution in [3.63, 3.8) is 0 Å². The zero-order valence-corrected chi connectivity index (χ0v) is 17.4. The van der Waals surface area contributed by atoms with Gasteiger partial charge in [0, 0.05) is 13.0 Å². The van der Waals surface area contributed by atoms with Crippen LogP contribution in [-0.4, -0.2) is 28.6 Å². The quantitative estimate of drug-likeness (QED) is 0.523. The molecule has 0 radical (unpaired) electrons. The maximum atomic E-state index is 11.7. The average molecular weight is 435 g/mol. The molecule has 0 fully saturated rings. The molecular formula is C25H25NO6. The Morgan fingerprint density at radius 1 is 0.906 bits per heavy atom. The van der Waals surface area contributed by atoms with Crippen molar-refractivity contribution in [1.29, 1.82) is 0 Å². The fraction of sp³-hybridized carbons (Fsp3) is 0.200. The molecule has 1 aliphatic rings. The van der Waals surface area contributed by atoms with Crippen LogP contribution < -0.4 is 5.32 Å². The van der Waals surface area contributed by atoms with E-state index in [1.165, 1.54) is 11.1 Å². The van der Waals surface area contributed by atoms with E-state index in [9.17, 15) is 9.59 Å². The van der Waals surface area contributed by atoms with Crippen LogP contribution in [0.5, 0.6) is 0 Å². The zero-order chi connectivity index (χ0) is 22.8. The van der Waals surface area contributed by atoms with E-state index >= 15 is 0 Å². The Labute approximate surface area is 186 Å². The van der Waals surface area contributed by atoms with E-state index in [4.69, 9.17) is 19.7 Å². The Bertz CT molecular complexity index is 1010. The number of nitrogens with one attached hydrogen (secondary N) is 1. The van der Waals surface area contributed by atoms with Gasteiger partial charge in [0.1, 0.15) is 6.61 Å². The second kappa shape index (κ2) is 11.6. The number of carbonyl (C=O) groups is 2. The lowest BCUT2D eigenvalue weighted by molar-refractivity contribution is -0.146. The van der Waals surface area contributed by atoms with Crippen LogP contribution in [0.25, 0.3) is 0 Å². The summed E-state index contributed by atoms with van der Waals surface area (Å²) >= 11 is 0. The first-order chi connectivity index (χ1) is 15.5. The summed E-state index contributed by atoms with van der Waals surface area (Å²) in [7, 11) is 0. The third kappa shape index (κ3) is 6.94. The highest BCUT2D eigenvalue weighted by Gasteiger charge is 2.21. The fourth-order valence-corrected chi connectivity index (χ4v) is 3.15. The number of aliphatic hydroxyl groups excluding tert-OH is 1. The molecule has 0 aromatic heterocycles. The Balaban J connectivity index is 0.000000222. The molecule has 0 saturated heterocycles. The molecule has 0 amide bonds. The Kier molecular flexibility index (Phi) is 8.36. The number of aliphatic hydroxyl groups is 1. The summed E-state index contributed by atoms with van der Waals surface area (Å²) in [6.07, 6.45) is -1.72. The van der Waals surface area contributed by atoms with E-state index in [1.54, 1.807) is 30.3 Å². The zero-order valence-electron chi connectivity index (χ0n) is 17.4. The highest BCUT2D eigenvalue weighted by molar-refractivity contribution is 5.73. The average Bonchev–Trinajstić information content (AvgIpc) is 2.84. The smallest absolute Gasteiger partial charge is 0.479 e. The number of ether oxygens (including phenoxy) is 2. The summed E-state index contributed by atoms with van der Waals surface area (Å²) in [5.41, 5.74) is 3.79. The van der Waals surface area contributed by atoms with Crippen LogP contribution in [0.1, 0.15) is 28.4 Å². The SMILES string of the molecule is O=C(O)C(O)c1ccccc1.O=C(OCc1ccccc1)OC1Cc2ccccc2CN1. The lowest BCUT2D eigenvalue weighted by Crippen LogP contribution is -2.39. The molecule has 0 aliphatic carbocycles. The number of carbonyl (C=O) groups excluding carboxylic acids is 1. The Morgan fingerprint density at radius 3 is 2.16 bits per heavy atom. The minimum atomic E-state index is -1.41. The summed E-state index contributed by atoms with van der Waals surface area (Å²) in [5, 5.41) is 20.6. The molecule has 0 bridgehead atoms. The fourth-order valence-electron chi connectivity index (χ4n) is 3.15. The van der Waals surface area contributed by atoms with Crippen LogP contribution in [0.15, 0.2) is 84.9 Å². The van der Waals surface area contributed by atoms with Gasteiger partial charge < -0.3 is 19.7 Å². The minimum absolute atomic E-state index is 0.225. The van der Waals surface area contributed by atoms with Gasteiger partial charge in [0.25, 0.3) is 0 Å². The van der Waals surface area contributed by atoms with E-state index in [0.29, 0.717) is 18.5 Å². The van der Waals surface area contributed by atoms with E-state index in [1.807, 2.05) is 42.5 Å². The predicted octanol–water partition coefficient (Wildman–Crippen LogP) is 3.82. The molecule has 1 aliphatic heterocycles. The molecule has 2 unspecified atom stereocenters. The maximum Gasteiger partial charge on any atom is 0.510 e. The topological polar surface area (TPSA) is 105 Å². The van der Waals surface area contributed by atoms with Crippen LogP contribution in [0.4, 0.5) is 4.79 Å². The molecule has 0 spiro atoms. The van der Waals surface area contributed by atoms with Crippen molar-refractivity contribution < 1.29 is 29.3 Å². The number of aliphatic carboxylic acids is 1. The first-order valence-corrected chi connectivity index (χ1v) is 10.2. The first-order valence-electron chi connectivity index (χ1n) is 10.2. The summed E-state index contributed by atoms with van der Waals surface area (Å²) in [6, 6.07) is 25.9. The van der Waals surface area contributed by atoms with Gasteiger partial charge in [-0.1, -0.05) is 84.9 Å². The molecule has 7 nitrogen and oxygen atoms in total. The second-order valence-electron chi connectivity index (χ2n) is 7.14. The van der Waals surface area contributed by atoms with Crippen molar-refractivity contribution >= 4 is 12.1 Å². The van der Waals surface area contributed by atoms with Gasteiger partial charge in [-0.25, -0.2) is 9.59 Å². The molecule has 3 N–H and O–H groups in total. The van der Waals surface area contributed by atoms with Gasteiger partial charge in [-0.3, -0.25) is 5.32 Å². The van der Waals surface area contributed by atoms with Crippen molar-refractivity contribution in [1.82, 2.24) is 5.32 Å². The minimum Gasteiger partial charge on any atom is -0.479 e. The predicted molar refractivity (Wildman–Crippen MR) is 118 cm³/mol. The number of rotatable bonds is 5. The van der Waals surface area contributed by atoms with Gasteiger partial charge in [-0.15, -0.1) is 0 Å². The number of carboxylic acid groups (broad SMARTS) is 1. The molecule has 7 heteroatoms. The number of hydrogen-bond acceptors (Lipinski definition) is 6. The summed E-state index contributed by atoms with van der Waals surface area (Å²) in [4.78, 5) is 22.0. The monoisotopic (exact) mass is 435 g/mol. The summed E-state index contributed by atoms with van der Waals surface area (Å²) in [5.74, 6) is -1.23. The van der Waals surface area contributed by atoms with Gasteiger partial charge in [0.05, 0.1) is 0 Å². The summed E-state index contributed by atoms with van der Waals surface area (Å²) < 4.78 is 10.4. The van der Waals surface area contributed by atoms with Crippen LogP contribution in [-0.2, 0) is 33.8 Å². The van der Waals surface area contributed by atoms with E-state index in [0.717, 1.165) is 5.56 Å². The molecule has 3 aromatic rings. The van der Waals surface area contributed by atoms with Crippen molar-refractivity contribution in [3.8, 4) is 0 Å². The molecule has 32 heavy (non-hydrogen) atoms. The standard InChI is InChI=1S/C17H17NO3.C8H8O3/c19-17(20-12-13-6-2-1-3-7-13)21-16-10-14-8-4-5-9-15(14)11-18-16;9-7(8(10)11)6-4-2-1-3-5-6/h1-9,16,18H,10-12H2;1-5,7,9H,(H,10,11). The van der Waals surface area contributed by atoms with Crippen LogP contribution in [0, 0.1) is 0 Å². The van der Waals surface area contributed by atoms with E-state index in [2.05, 4.69) is 17.4 Å². The van der Waals surface area contributed by atoms with Crippen LogP contribution in [0.3, 0.4) is 0 Å². The van der Waals surface area contributed by atoms with Crippen molar-refractivity contribution in [3.05, 3.63) is 107 Å². The Morgan fingerprint density at radius 2 is 1.50 bits per heavy atom. The normalized spacial score (nSPS) is 15.3. The number of benzene rings is 3. The van der Waals surface area contributed by atoms with Gasteiger partial charge in [-0.05, 0) is 22.3 Å². The van der Waals surface area contributed by atoms with Crippen molar-refractivity contribution in [2.24, 2.45) is 0 Å². The molecule has 2 atom stereocenters. The van der Waals surface area contributed by atoms with Crippen molar-refractivity contribution in [2.75, 3.05) is 0 Å². The molecular weight excluding hydrogens is 410 g/mol. The summed E-state index contributed by atoms with van der Waals surface area (Å²) in [6.45, 7) is 0.926. The number of carboxylic acids is 1. The second-order valence-corrected chi connectivity index (χ2v) is 7.14. The lowest BCUT2D eigenvalue weighted by Gasteiger charge is -2.25. The highest BCUT2D eigenvalue weighted by Crippen LogP contribution is 2.17. The van der Waals surface area contributed by atoms with Gasteiger partial charge >= 0.3 is 12.1 Å². The number of fused-ring (bicyclic) bond motifs is 1. The van der Waals surface area contributed by atoms with Gasteiger partial charge in [0.15, 0.2) is 12.3 Å². The van der Waals surface area contributed by atoms with Crippen LogP contribution >= 0.6 is 0 Å². The molecule has 1 heterocycles. The van der Waals surface area contributed by atoms with Gasteiger partial charge in [0.2, 0.25) is 0 Å². The number of hydrogen-bond donors (Lipinski definition) is 3. The third-order valence-corrected chi connectivity index (χ3v) is 4.83. The lowest BCUT2D eigenvalue weighted by atomic mass is 10.0. The van der Waals surface area contributed by atoms with E-state index in [-0.39, 0.29) is 12.8 Å². The third-order valence-electron chi connectivity index (χ3n) is 4.83. The highest BCUT2D eigenvalue weighted by atomic mass is 16.7. The maximum absolute atomic E-state index is 11.7. The van der Waals surface area contributed by atoms with E-state index < -0.39 is 18.2 Å². The van der Waals surface area contributed by atoms with Crippen LogP contribution in [0.2, 0.25) is 0 Å². The van der Waals surface area contributed by atoms with Crippen molar-refractivity contribution in [2.45, 2.75) is 31.9 Å². The first kappa shape index (κ1) is 23.0. The molecule has 4 rings (SSSR count). The molecule has 3 aromatic carbocycles. The Hall–Kier alpha value is -3.68. The molecule has 166 valence electrons.